The van der Waals surface area contributed by atoms with Gasteiger partial charge < -0.3 is 19.5 Å². The third-order valence-electron chi connectivity index (χ3n) is 3.92. The van der Waals surface area contributed by atoms with Gasteiger partial charge in [-0.05, 0) is 43.3 Å². The fraction of sp³-hybridized carbons (Fsp3) is 0.263. The molecule has 2 aromatic rings. The van der Waals surface area contributed by atoms with Gasteiger partial charge in [-0.1, -0.05) is 0 Å². The Morgan fingerprint density at radius 3 is 2.41 bits per heavy atom. The smallest absolute Gasteiger partial charge is 0.338 e. The molecule has 1 amide bonds. The molecule has 0 bridgehead atoms. The van der Waals surface area contributed by atoms with Crippen molar-refractivity contribution in [3.63, 3.8) is 0 Å². The summed E-state index contributed by atoms with van der Waals surface area (Å²) >= 11 is 0. The average molecular weight is 420 g/mol. The summed E-state index contributed by atoms with van der Waals surface area (Å²) in [4.78, 5) is 23.7. The van der Waals surface area contributed by atoms with E-state index in [0.29, 0.717) is 30.4 Å². The van der Waals surface area contributed by atoms with Crippen LogP contribution < -0.4 is 19.5 Å². The van der Waals surface area contributed by atoms with Crippen LogP contribution >= 0.6 is 0 Å². The van der Waals surface area contributed by atoms with E-state index in [2.05, 4.69) is 10.0 Å². The average Bonchev–Trinajstić information content (AvgIpc) is 2.72. The van der Waals surface area contributed by atoms with Crippen molar-refractivity contribution in [1.29, 1.82) is 0 Å². The van der Waals surface area contributed by atoms with Gasteiger partial charge in [0, 0.05) is 11.8 Å². The summed E-state index contributed by atoms with van der Waals surface area (Å²) in [7, 11) is -3.92. The molecule has 0 atom stereocenters. The summed E-state index contributed by atoms with van der Waals surface area (Å²) in [6, 6.07) is 10.1. The van der Waals surface area contributed by atoms with Gasteiger partial charge in [-0.25, -0.2) is 17.9 Å². The number of esters is 1. The molecule has 0 saturated carbocycles. The van der Waals surface area contributed by atoms with Gasteiger partial charge >= 0.3 is 5.97 Å². The van der Waals surface area contributed by atoms with Crippen molar-refractivity contribution in [3.05, 3.63) is 48.0 Å². The lowest BCUT2D eigenvalue weighted by molar-refractivity contribution is -0.115. The number of ether oxygens (including phenoxy) is 3. The number of anilines is 1. The molecule has 0 aliphatic carbocycles. The van der Waals surface area contributed by atoms with E-state index in [1.54, 1.807) is 25.1 Å². The van der Waals surface area contributed by atoms with Gasteiger partial charge in [0.05, 0.1) is 23.6 Å². The minimum Gasteiger partial charge on any atom is -0.486 e. The van der Waals surface area contributed by atoms with Crippen molar-refractivity contribution >= 4 is 27.6 Å². The van der Waals surface area contributed by atoms with Crippen LogP contribution in [-0.4, -0.2) is 46.7 Å². The van der Waals surface area contributed by atoms with E-state index >= 15 is 0 Å². The molecule has 10 heteroatoms. The molecular weight excluding hydrogens is 400 g/mol. The number of nitrogens with one attached hydrogen (secondary N) is 2. The van der Waals surface area contributed by atoms with Crippen molar-refractivity contribution in [2.75, 3.05) is 31.7 Å². The number of benzene rings is 2. The molecule has 0 aromatic heterocycles. The topological polar surface area (TPSA) is 120 Å². The van der Waals surface area contributed by atoms with E-state index < -0.39 is 28.4 Å². The first-order chi connectivity index (χ1) is 13.9. The maximum Gasteiger partial charge on any atom is 0.338 e. The Morgan fingerprint density at radius 2 is 1.72 bits per heavy atom. The van der Waals surface area contributed by atoms with Crippen molar-refractivity contribution in [1.82, 2.24) is 4.72 Å². The highest BCUT2D eigenvalue weighted by Crippen LogP contribution is 2.32. The molecule has 0 fully saturated rings. The molecule has 0 unspecified atom stereocenters. The highest BCUT2D eigenvalue weighted by molar-refractivity contribution is 7.89. The number of carbonyl (C=O) groups is 2. The molecule has 3 rings (SSSR count). The summed E-state index contributed by atoms with van der Waals surface area (Å²) in [5, 5.41) is 2.59. The number of amides is 1. The summed E-state index contributed by atoms with van der Waals surface area (Å²) in [5.74, 6) is 0.00847. The Hall–Kier alpha value is -3.11. The first kappa shape index (κ1) is 20.6. The van der Waals surface area contributed by atoms with E-state index in [0.717, 1.165) is 0 Å². The minimum atomic E-state index is -3.92. The molecule has 2 aromatic carbocycles. The largest absolute Gasteiger partial charge is 0.486 e. The van der Waals surface area contributed by atoms with Crippen LogP contribution in [0.2, 0.25) is 0 Å². The Labute approximate surface area is 168 Å². The van der Waals surface area contributed by atoms with Crippen LogP contribution in [0.4, 0.5) is 5.69 Å². The second kappa shape index (κ2) is 8.93. The maximum absolute atomic E-state index is 12.3. The van der Waals surface area contributed by atoms with E-state index in [9.17, 15) is 18.0 Å². The normalized spacial score (nSPS) is 12.9. The fourth-order valence-corrected chi connectivity index (χ4v) is 3.54. The quantitative estimate of drug-likeness (QED) is 0.652. The van der Waals surface area contributed by atoms with Crippen LogP contribution in [0.5, 0.6) is 11.5 Å². The van der Waals surface area contributed by atoms with E-state index in [1.807, 2.05) is 0 Å². The molecule has 29 heavy (non-hydrogen) atoms. The lowest BCUT2D eigenvalue weighted by Gasteiger charge is -2.19. The van der Waals surface area contributed by atoms with Crippen LogP contribution in [0, 0.1) is 0 Å². The molecule has 1 heterocycles. The van der Waals surface area contributed by atoms with Crippen molar-refractivity contribution in [2.45, 2.75) is 11.8 Å². The van der Waals surface area contributed by atoms with Crippen LogP contribution in [-0.2, 0) is 19.6 Å². The lowest BCUT2D eigenvalue weighted by Crippen LogP contribution is -2.33. The van der Waals surface area contributed by atoms with Crippen molar-refractivity contribution in [3.8, 4) is 11.5 Å². The molecule has 0 spiro atoms. The predicted octanol–water partition coefficient (Wildman–Crippen LogP) is 1.55. The molecule has 0 saturated heterocycles. The third kappa shape index (κ3) is 5.24. The molecule has 1 aliphatic heterocycles. The number of carbonyl (C=O) groups excluding carboxylic acids is 2. The highest BCUT2D eigenvalue weighted by atomic mass is 32.2. The van der Waals surface area contributed by atoms with E-state index in [-0.39, 0.29) is 17.1 Å². The van der Waals surface area contributed by atoms with Gasteiger partial charge in [0.1, 0.15) is 13.2 Å². The van der Waals surface area contributed by atoms with Crippen molar-refractivity contribution in [2.24, 2.45) is 0 Å². The van der Waals surface area contributed by atoms with Crippen molar-refractivity contribution < 1.29 is 32.2 Å². The maximum atomic E-state index is 12.3. The number of fused-ring (bicyclic) bond motifs is 1. The second-order valence-corrected chi connectivity index (χ2v) is 7.74. The number of hydrogen-bond acceptors (Lipinski definition) is 7. The highest BCUT2D eigenvalue weighted by Gasteiger charge is 2.18. The minimum absolute atomic E-state index is 0.0716. The molecule has 154 valence electrons. The predicted molar refractivity (Wildman–Crippen MR) is 104 cm³/mol. The third-order valence-corrected chi connectivity index (χ3v) is 5.34. The van der Waals surface area contributed by atoms with Crippen LogP contribution in [0.25, 0.3) is 0 Å². The van der Waals surface area contributed by atoms with E-state index in [1.165, 1.54) is 24.3 Å². The van der Waals surface area contributed by atoms with Crippen LogP contribution in [0.1, 0.15) is 17.3 Å². The van der Waals surface area contributed by atoms with Gasteiger partial charge in [0.2, 0.25) is 15.9 Å². The Bertz CT molecular complexity index is 1000. The zero-order valence-electron chi connectivity index (χ0n) is 15.6. The first-order valence-corrected chi connectivity index (χ1v) is 10.3. The Balaban J connectivity index is 1.58. The second-order valence-electron chi connectivity index (χ2n) is 5.98. The monoisotopic (exact) mass is 420 g/mol. The number of rotatable bonds is 7. The van der Waals surface area contributed by atoms with E-state index in [4.69, 9.17) is 14.2 Å². The number of sulfonamides is 1. The van der Waals surface area contributed by atoms with Crippen LogP contribution in [0.3, 0.4) is 0 Å². The van der Waals surface area contributed by atoms with Gasteiger partial charge in [0.25, 0.3) is 0 Å². The molecular formula is C19H20N2O7S. The zero-order chi connectivity index (χ0) is 20.9. The SMILES string of the molecule is CCOC(=O)c1ccc(S(=O)(=O)NCC(=O)Nc2ccc3c(c2)OCCO3)cc1. The Morgan fingerprint density at radius 1 is 1.03 bits per heavy atom. The first-order valence-electron chi connectivity index (χ1n) is 8.85. The Kier molecular flexibility index (Phi) is 6.35. The fourth-order valence-electron chi connectivity index (χ4n) is 2.55. The molecule has 2 N–H and O–H groups in total. The van der Waals surface area contributed by atoms with Gasteiger partial charge in [0.15, 0.2) is 11.5 Å². The summed E-state index contributed by atoms with van der Waals surface area (Å²) in [6.45, 7) is 2.31. The standard InChI is InChI=1S/C19H20N2O7S/c1-2-26-19(23)13-3-6-15(7-4-13)29(24,25)20-12-18(22)21-14-5-8-16-17(11-14)28-10-9-27-16/h3-8,11,20H,2,9-10,12H2,1H3,(H,21,22). The zero-order valence-corrected chi connectivity index (χ0v) is 16.5. The number of hydrogen-bond donors (Lipinski definition) is 2. The molecule has 9 nitrogen and oxygen atoms in total. The summed E-state index contributed by atoms with van der Waals surface area (Å²) in [5.41, 5.74) is 0.694. The summed E-state index contributed by atoms with van der Waals surface area (Å²) in [6.07, 6.45) is 0. The molecule has 1 aliphatic rings. The van der Waals surface area contributed by atoms with Gasteiger partial charge in [-0.3, -0.25) is 4.79 Å². The summed E-state index contributed by atoms with van der Waals surface area (Å²) < 4.78 is 42.6. The van der Waals surface area contributed by atoms with Gasteiger partial charge in [-0.15, -0.1) is 0 Å². The lowest BCUT2D eigenvalue weighted by atomic mass is 10.2. The van der Waals surface area contributed by atoms with Gasteiger partial charge in [-0.2, -0.15) is 0 Å². The van der Waals surface area contributed by atoms with Crippen LogP contribution in [0.15, 0.2) is 47.4 Å². The molecule has 0 radical (unpaired) electrons.